The van der Waals surface area contributed by atoms with Gasteiger partial charge in [0.05, 0.1) is 12.0 Å². The van der Waals surface area contributed by atoms with Gasteiger partial charge in [-0.2, -0.15) is 0 Å². The average Bonchev–Trinajstić information content (AvgIpc) is 2.31. The first-order valence-electron chi connectivity index (χ1n) is 5.01. The molecule has 0 aliphatic rings. The number of carboxylic acids is 1. The van der Waals surface area contributed by atoms with Crippen LogP contribution in [0, 0.1) is 5.92 Å². The normalized spacial score (nSPS) is 15.1. The number of aliphatic carboxylic acids is 1. The second-order valence-corrected chi connectivity index (χ2v) is 3.60. The molecule has 2 amide bonds. The standard InChI is InChI=1S/C9H15N3O6/c1-4(10)7(14)11-6(9(16)17)5(2-3-13)8(15)12-18/h3-6,18H,2,10H2,1H3,(H,11,14)(H,12,15)(H,16,17)/t4-,5-,6-/m0/s1. The lowest BCUT2D eigenvalue weighted by atomic mass is 9.95. The van der Waals surface area contributed by atoms with Crippen LogP contribution in [-0.2, 0) is 19.2 Å². The molecule has 3 atom stereocenters. The molecule has 0 spiro atoms. The van der Waals surface area contributed by atoms with Gasteiger partial charge in [0, 0.05) is 6.42 Å². The Morgan fingerprint density at radius 3 is 2.22 bits per heavy atom. The van der Waals surface area contributed by atoms with Gasteiger partial charge < -0.3 is 21.0 Å². The molecule has 9 nitrogen and oxygen atoms in total. The summed E-state index contributed by atoms with van der Waals surface area (Å²) in [6, 6.07) is -2.62. The van der Waals surface area contributed by atoms with E-state index in [1.807, 2.05) is 5.32 Å². The fraction of sp³-hybridized carbons (Fsp3) is 0.556. The van der Waals surface area contributed by atoms with Crippen molar-refractivity contribution in [1.82, 2.24) is 10.8 Å². The predicted molar refractivity (Wildman–Crippen MR) is 57.3 cm³/mol. The molecular weight excluding hydrogens is 246 g/mol. The summed E-state index contributed by atoms with van der Waals surface area (Å²) in [5.74, 6) is -4.81. The molecule has 0 radical (unpaired) electrons. The van der Waals surface area contributed by atoms with E-state index in [4.69, 9.17) is 16.0 Å². The van der Waals surface area contributed by atoms with Crippen molar-refractivity contribution in [3.63, 3.8) is 0 Å². The van der Waals surface area contributed by atoms with E-state index in [0.717, 1.165) is 0 Å². The topological polar surface area (TPSA) is 159 Å². The van der Waals surface area contributed by atoms with Crippen molar-refractivity contribution in [3.8, 4) is 0 Å². The second kappa shape index (κ2) is 7.35. The number of carbonyl (C=O) groups excluding carboxylic acids is 3. The largest absolute Gasteiger partial charge is 0.480 e. The van der Waals surface area contributed by atoms with E-state index in [0.29, 0.717) is 6.29 Å². The summed E-state index contributed by atoms with van der Waals surface area (Å²) in [5, 5.41) is 19.4. The number of carbonyl (C=O) groups is 4. The fourth-order valence-corrected chi connectivity index (χ4v) is 1.20. The van der Waals surface area contributed by atoms with Crippen LogP contribution in [0.3, 0.4) is 0 Å². The molecule has 0 aromatic rings. The second-order valence-electron chi connectivity index (χ2n) is 3.60. The van der Waals surface area contributed by atoms with Crippen LogP contribution in [0.2, 0.25) is 0 Å². The summed E-state index contributed by atoms with van der Waals surface area (Å²) < 4.78 is 0. The van der Waals surface area contributed by atoms with Crippen molar-refractivity contribution < 1.29 is 29.5 Å². The Kier molecular flexibility index (Phi) is 6.53. The third-order valence-electron chi connectivity index (χ3n) is 2.18. The van der Waals surface area contributed by atoms with Crippen molar-refractivity contribution in [1.29, 1.82) is 0 Å². The maximum absolute atomic E-state index is 11.3. The van der Waals surface area contributed by atoms with E-state index < -0.39 is 42.2 Å². The van der Waals surface area contributed by atoms with Gasteiger partial charge in [0.1, 0.15) is 12.3 Å². The lowest BCUT2D eigenvalue weighted by molar-refractivity contribution is -0.148. The molecule has 0 aliphatic heterocycles. The molecule has 0 bridgehead atoms. The SMILES string of the molecule is C[C@H](N)C(=O)N[C@H](C(=O)O)[C@H](CC=O)C(=O)NO. The van der Waals surface area contributed by atoms with Gasteiger partial charge in [-0.05, 0) is 6.92 Å². The van der Waals surface area contributed by atoms with Gasteiger partial charge in [-0.1, -0.05) is 0 Å². The Hall–Kier alpha value is -2.00. The van der Waals surface area contributed by atoms with Crippen molar-refractivity contribution >= 4 is 24.1 Å². The van der Waals surface area contributed by atoms with Gasteiger partial charge in [0.2, 0.25) is 11.8 Å². The Labute approximate surface area is 102 Å². The van der Waals surface area contributed by atoms with Crippen LogP contribution in [0.5, 0.6) is 0 Å². The van der Waals surface area contributed by atoms with Crippen LogP contribution >= 0.6 is 0 Å². The molecule has 0 rings (SSSR count). The molecule has 0 heterocycles. The van der Waals surface area contributed by atoms with Crippen LogP contribution < -0.4 is 16.5 Å². The van der Waals surface area contributed by atoms with Gasteiger partial charge in [-0.3, -0.25) is 14.8 Å². The minimum atomic E-state index is -1.65. The molecule has 0 aliphatic carbocycles. The number of hydrogen-bond acceptors (Lipinski definition) is 6. The predicted octanol–water partition coefficient (Wildman–Crippen LogP) is -2.39. The number of carboxylic acid groups (broad SMARTS) is 1. The monoisotopic (exact) mass is 261 g/mol. The molecule has 18 heavy (non-hydrogen) atoms. The summed E-state index contributed by atoms with van der Waals surface area (Å²) in [6.45, 7) is 1.33. The highest BCUT2D eigenvalue weighted by molar-refractivity contribution is 5.92. The summed E-state index contributed by atoms with van der Waals surface area (Å²) >= 11 is 0. The summed E-state index contributed by atoms with van der Waals surface area (Å²) in [6.07, 6.45) is -0.156. The zero-order valence-electron chi connectivity index (χ0n) is 9.62. The maximum Gasteiger partial charge on any atom is 0.327 e. The zero-order valence-corrected chi connectivity index (χ0v) is 9.62. The van der Waals surface area contributed by atoms with Gasteiger partial charge >= 0.3 is 5.97 Å². The van der Waals surface area contributed by atoms with E-state index in [-0.39, 0.29) is 0 Å². The molecule has 0 aromatic carbocycles. The van der Waals surface area contributed by atoms with Crippen LogP contribution in [0.25, 0.3) is 0 Å². The Morgan fingerprint density at radius 1 is 1.33 bits per heavy atom. The summed E-state index contributed by atoms with van der Waals surface area (Å²) in [7, 11) is 0. The van der Waals surface area contributed by atoms with Crippen molar-refractivity contribution in [2.24, 2.45) is 11.7 Å². The average molecular weight is 261 g/mol. The van der Waals surface area contributed by atoms with Gasteiger partial charge in [-0.25, -0.2) is 10.3 Å². The molecule has 6 N–H and O–H groups in total. The number of nitrogens with one attached hydrogen (secondary N) is 2. The van der Waals surface area contributed by atoms with Crippen LogP contribution in [0.1, 0.15) is 13.3 Å². The molecule has 0 saturated carbocycles. The lowest BCUT2D eigenvalue weighted by Gasteiger charge is -2.22. The lowest BCUT2D eigenvalue weighted by Crippen LogP contribution is -2.54. The van der Waals surface area contributed by atoms with Crippen LogP contribution in [0.15, 0.2) is 0 Å². The highest BCUT2D eigenvalue weighted by atomic mass is 16.5. The first-order chi connectivity index (χ1) is 8.34. The Balaban J connectivity index is 5.03. The maximum atomic E-state index is 11.3. The molecule has 102 valence electrons. The number of rotatable bonds is 7. The smallest absolute Gasteiger partial charge is 0.327 e. The van der Waals surface area contributed by atoms with Gasteiger partial charge in [-0.15, -0.1) is 0 Å². The van der Waals surface area contributed by atoms with E-state index in [1.54, 1.807) is 0 Å². The first-order valence-corrected chi connectivity index (χ1v) is 5.01. The molecule has 0 unspecified atom stereocenters. The van der Waals surface area contributed by atoms with E-state index in [2.05, 4.69) is 0 Å². The van der Waals surface area contributed by atoms with Gasteiger partial charge in [0.15, 0.2) is 0 Å². The zero-order chi connectivity index (χ0) is 14.3. The quantitative estimate of drug-likeness (QED) is 0.194. The number of nitrogens with two attached hydrogens (primary N) is 1. The number of amides is 2. The van der Waals surface area contributed by atoms with E-state index >= 15 is 0 Å². The first kappa shape index (κ1) is 16.0. The Morgan fingerprint density at radius 2 is 1.89 bits per heavy atom. The molecule has 0 saturated heterocycles. The summed E-state index contributed by atoms with van der Waals surface area (Å²) in [4.78, 5) is 43.9. The third kappa shape index (κ3) is 4.47. The van der Waals surface area contributed by atoms with Crippen molar-refractivity contribution in [2.45, 2.75) is 25.4 Å². The highest BCUT2D eigenvalue weighted by Gasteiger charge is 2.35. The van der Waals surface area contributed by atoms with Crippen molar-refractivity contribution in [2.75, 3.05) is 0 Å². The summed E-state index contributed by atoms with van der Waals surface area (Å²) in [5.41, 5.74) is 6.49. The van der Waals surface area contributed by atoms with E-state index in [9.17, 15) is 19.2 Å². The van der Waals surface area contributed by atoms with Crippen molar-refractivity contribution in [3.05, 3.63) is 0 Å². The number of hydroxylamine groups is 1. The minimum Gasteiger partial charge on any atom is -0.480 e. The van der Waals surface area contributed by atoms with Gasteiger partial charge in [0.25, 0.3) is 0 Å². The van der Waals surface area contributed by atoms with E-state index in [1.165, 1.54) is 12.4 Å². The third-order valence-corrected chi connectivity index (χ3v) is 2.18. The van der Waals surface area contributed by atoms with Crippen LogP contribution in [0.4, 0.5) is 0 Å². The number of hydrogen-bond donors (Lipinski definition) is 5. The Bertz CT molecular complexity index is 343. The fourth-order valence-electron chi connectivity index (χ4n) is 1.20. The molecular formula is C9H15N3O6. The molecule has 0 aromatic heterocycles. The molecule has 0 fully saturated rings. The molecule has 9 heteroatoms. The highest BCUT2D eigenvalue weighted by Crippen LogP contribution is 2.09. The number of aldehydes is 1. The minimum absolute atomic E-state index is 0.313. The van der Waals surface area contributed by atoms with Crippen LogP contribution in [-0.4, -0.2) is 46.5 Å².